The summed E-state index contributed by atoms with van der Waals surface area (Å²) < 4.78 is 4.72. The first-order valence-corrected chi connectivity index (χ1v) is 5.73. The smallest absolute Gasteiger partial charge is 0.328 e. The Balaban J connectivity index is 4.45. The molecule has 0 spiro atoms. The fraction of sp³-hybridized carbons (Fsp3) is 0.500. The van der Waals surface area contributed by atoms with Crippen LogP contribution in [0.3, 0.4) is 0 Å². The van der Waals surface area contributed by atoms with Crippen molar-refractivity contribution in [1.82, 2.24) is 4.90 Å². The third-order valence-corrected chi connectivity index (χ3v) is 2.06. The van der Waals surface area contributed by atoms with Crippen molar-refractivity contribution < 1.29 is 24.2 Å². The molecule has 0 rings (SSSR count). The van der Waals surface area contributed by atoms with E-state index in [9.17, 15) is 14.4 Å². The van der Waals surface area contributed by atoms with E-state index < -0.39 is 17.8 Å². The summed E-state index contributed by atoms with van der Waals surface area (Å²) in [7, 11) is 0. The topological polar surface area (TPSA) is 108 Å². The molecule has 0 radical (unpaired) electrons. The highest BCUT2D eigenvalue weighted by Gasteiger charge is 2.13. The second-order valence-electron chi connectivity index (χ2n) is 3.46. The van der Waals surface area contributed by atoms with E-state index in [4.69, 9.17) is 15.1 Å². The molecule has 0 aliphatic carbocycles. The minimum Gasteiger partial charge on any atom is -0.478 e. The van der Waals surface area contributed by atoms with Crippen LogP contribution in [0.15, 0.2) is 12.2 Å². The fourth-order valence-corrected chi connectivity index (χ4v) is 1.22. The number of rotatable bonds is 8. The first kappa shape index (κ1) is 16.6. The van der Waals surface area contributed by atoms with Crippen LogP contribution in [0.25, 0.3) is 0 Å². The van der Waals surface area contributed by atoms with Crippen LogP contribution < -0.4 is 0 Å². The average Bonchev–Trinajstić information content (AvgIpc) is 2.36. The van der Waals surface area contributed by atoms with Gasteiger partial charge in [0, 0.05) is 25.2 Å². The zero-order chi connectivity index (χ0) is 14.7. The summed E-state index contributed by atoms with van der Waals surface area (Å²) in [4.78, 5) is 34.4. The Labute approximate surface area is 111 Å². The lowest BCUT2D eigenvalue weighted by molar-refractivity contribution is -0.144. The Morgan fingerprint density at radius 3 is 2.53 bits per heavy atom. The number of hydrogen-bond donors (Lipinski definition) is 1. The van der Waals surface area contributed by atoms with Gasteiger partial charge in [0.05, 0.1) is 25.5 Å². The number of nitriles is 1. The summed E-state index contributed by atoms with van der Waals surface area (Å²) in [6.07, 6.45) is 1.72. The van der Waals surface area contributed by atoms with Crippen LogP contribution in [0.2, 0.25) is 0 Å². The number of esters is 1. The second kappa shape index (κ2) is 9.65. The maximum absolute atomic E-state index is 11.6. The van der Waals surface area contributed by atoms with Gasteiger partial charge in [-0.25, -0.2) is 4.79 Å². The fourth-order valence-electron chi connectivity index (χ4n) is 1.22. The van der Waals surface area contributed by atoms with E-state index in [1.165, 1.54) is 4.90 Å². The highest BCUT2D eigenvalue weighted by molar-refractivity contribution is 5.94. The van der Waals surface area contributed by atoms with E-state index in [1.54, 1.807) is 6.92 Å². The number of nitrogens with zero attached hydrogens (tertiary/aromatic N) is 2. The lowest BCUT2D eigenvalue weighted by atomic mass is 10.3. The predicted octanol–water partition coefficient (Wildman–Crippen LogP) is 0.323. The zero-order valence-corrected chi connectivity index (χ0v) is 10.7. The van der Waals surface area contributed by atoms with Gasteiger partial charge in [0.15, 0.2) is 0 Å². The van der Waals surface area contributed by atoms with Crippen molar-refractivity contribution >= 4 is 17.8 Å². The monoisotopic (exact) mass is 268 g/mol. The van der Waals surface area contributed by atoms with Crippen molar-refractivity contribution in [3.63, 3.8) is 0 Å². The first-order valence-electron chi connectivity index (χ1n) is 5.73. The van der Waals surface area contributed by atoms with Crippen molar-refractivity contribution in [3.8, 4) is 6.07 Å². The van der Waals surface area contributed by atoms with Crippen molar-refractivity contribution in [1.29, 1.82) is 5.26 Å². The molecule has 0 aromatic rings. The minimum absolute atomic E-state index is 0.00587. The molecule has 0 aliphatic heterocycles. The van der Waals surface area contributed by atoms with Gasteiger partial charge in [0.25, 0.3) is 0 Å². The molecule has 0 saturated carbocycles. The Hall–Kier alpha value is -2.36. The minimum atomic E-state index is -1.24. The molecular weight excluding hydrogens is 252 g/mol. The standard InChI is InChI=1S/C12H16N2O5/c1-2-19-12(18)6-9-14(8-3-7-13)10(15)4-5-11(16)17/h4-5H,2-3,6,8-9H2,1H3,(H,16,17)/b5-4+. The Bertz CT molecular complexity index is 397. The molecule has 1 N–H and O–H groups in total. The van der Waals surface area contributed by atoms with Gasteiger partial charge in [-0.2, -0.15) is 5.26 Å². The third-order valence-electron chi connectivity index (χ3n) is 2.06. The lowest BCUT2D eigenvalue weighted by Crippen LogP contribution is -2.33. The van der Waals surface area contributed by atoms with Gasteiger partial charge in [-0.15, -0.1) is 0 Å². The highest BCUT2D eigenvalue weighted by atomic mass is 16.5. The molecule has 1 amide bonds. The van der Waals surface area contributed by atoms with E-state index in [0.29, 0.717) is 6.08 Å². The number of carboxylic acids is 1. The van der Waals surface area contributed by atoms with Crippen LogP contribution in [-0.4, -0.2) is 47.5 Å². The van der Waals surface area contributed by atoms with E-state index in [1.807, 2.05) is 6.07 Å². The normalized spacial score (nSPS) is 9.89. The molecule has 0 fully saturated rings. The van der Waals surface area contributed by atoms with Crippen LogP contribution in [0.4, 0.5) is 0 Å². The molecule has 0 bridgehead atoms. The van der Waals surface area contributed by atoms with E-state index in [2.05, 4.69) is 0 Å². The van der Waals surface area contributed by atoms with Crippen molar-refractivity contribution in [2.24, 2.45) is 0 Å². The van der Waals surface area contributed by atoms with Crippen LogP contribution >= 0.6 is 0 Å². The van der Waals surface area contributed by atoms with Crippen molar-refractivity contribution in [2.45, 2.75) is 19.8 Å². The Morgan fingerprint density at radius 1 is 1.32 bits per heavy atom. The molecular formula is C12H16N2O5. The van der Waals surface area contributed by atoms with Crippen LogP contribution in [-0.2, 0) is 19.1 Å². The average molecular weight is 268 g/mol. The summed E-state index contributed by atoms with van der Waals surface area (Å²) in [5.74, 6) is -2.24. The summed E-state index contributed by atoms with van der Waals surface area (Å²) in [5.41, 5.74) is 0. The number of ether oxygens (including phenoxy) is 1. The first-order chi connectivity index (χ1) is 9.01. The van der Waals surface area contributed by atoms with Gasteiger partial charge in [-0.1, -0.05) is 0 Å². The number of amides is 1. The van der Waals surface area contributed by atoms with Gasteiger partial charge in [0.1, 0.15) is 0 Å². The number of carbonyl (C=O) groups excluding carboxylic acids is 2. The number of carbonyl (C=O) groups is 3. The van der Waals surface area contributed by atoms with Gasteiger partial charge >= 0.3 is 11.9 Å². The molecule has 0 aliphatic rings. The summed E-state index contributed by atoms with van der Waals surface area (Å²) >= 11 is 0. The molecule has 0 aromatic carbocycles. The Kier molecular flexibility index (Phi) is 8.45. The maximum Gasteiger partial charge on any atom is 0.328 e. The van der Waals surface area contributed by atoms with Gasteiger partial charge in [-0.05, 0) is 6.92 Å². The molecule has 0 atom stereocenters. The zero-order valence-electron chi connectivity index (χ0n) is 10.7. The Morgan fingerprint density at radius 2 is 2.00 bits per heavy atom. The molecule has 0 unspecified atom stereocenters. The van der Waals surface area contributed by atoms with Crippen LogP contribution in [0.5, 0.6) is 0 Å². The van der Waals surface area contributed by atoms with Crippen LogP contribution in [0.1, 0.15) is 19.8 Å². The van der Waals surface area contributed by atoms with Gasteiger partial charge in [0.2, 0.25) is 5.91 Å². The summed E-state index contributed by atoms with van der Waals surface area (Å²) in [6, 6.07) is 1.88. The lowest BCUT2D eigenvalue weighted by Gasteiger charge is -2.19. The number of hydrogen-bond acceptors (Lipinski definition) is 5. The molecule has 0 heterocycles. The highest BCUT2D eigenvalue weighted by Crippen LogP contribution is 1.98. The molecule has 104 valence electrons. The number of carboxylic acid groups (broad SMARTS) is 1. The number of aliphatic carboxylic acids is 1. The van der Waals surface area contributed by atoms with E-state index in [0.717, 1.165) is 6.08 Å². The van der Waals surface area contributed by atoms with E-state index >= 15 is 0 Å². The molecule has 19 heavy (non-hydrogen) atoms. The molecule has 7 nitrogen and oxygen atoms in total. The second-order valence-corrected chi connectivity index (χ2v) is 3.46. The summed E-state index contributed by atoms with van der Waals surface area (Å²) in [6.45, 7) is 2.15. The van der Waals surface area contributed by atoms with E-state index in [-0.39, 0.29) is 32.5 Å². The molecule has 0 saturated heterocycles. The molecule has 7 heteroatoms. The SMILES string of the molecule is CCOC(=O)CCN(CCC#N)C(=O)/C=C/C(=O)O. The predicted molar refractivity (Wildman–Crippen MR) is 64.8 cm³/mol. The third kappa shape index (κ3) is 8.37. The van der Waals surface area contributed by atoms with Gasteiger partial charge < -0.3 is 14.7 Å². The van der Waals surface area contributed by atoms with Crippen molar-refractivity contribution in [2.75, 3.05) is 19.7 Å². The largest absolute Gasteiger partial charge is 0.478 e. The van der Waals surface area contributed by atoms with Crippen molar-refractivity contribution in [3.05, 3.63) is 12.2 Å². The quantitative estimate of drug-likeness (QED) is 0.502. The van der Waals surface area contributed by atoms with Crippen LogP contribution in [0, 0.1) is 11.3 Å². The van der Waals surface area contributed by atoms with Gasteiger partial charge in [-0.3, -0.25) is 9.59 Å². The maximum atomic E-state index is 11.6. The summed E-state index contributed by atoms with van der Waals surface area (Å²) in [5, 5.41) is 16.9. The molecule has 0 aromatic heterocycles.